The van der Waals surface area contributed by atoms with Gasteiger partial charge in [0.05, 0.1) is 4.92 Å². The Morgan fingerprint density at radius 1 is 1.04 bits per heavy atom. The van der Waals surface area contributed by atoms with Gasteiger partial charge >= 0.3 is 0 Å². The van der Waals surface area contributed by atoms with Crippen molar-refractivity contribution in [3.05, 3.63) is 39.9 Å². The molecule has 0 saturated heterocycles. The van der Waals surface area contributed by atoms with E-state index in [1.807, 2.05) is 12.1 Å². The van der Waals surface area contributed by atoms with E-state index in [2.05, 4.69) is 26.8 Å². The van der Waals surface area contributed by atoms with Crippen molar-refractivity contribution in [1.29, 1.82) is 0 Å². The molecule has 0 saturated carbocycles. The second-order valence-corrected chi connectivity index (χ2v) is 6.65. The van der Waals surface area contributed by atoms with Crippen LogP contribution in [0.5, 0.6) is 0 Å². The zero-order chi connectivity index (χ0) is 17.1. The minimum atomic E-state index is -0.270. The van der Waals surface area contributed by atoms with Crippen molar-refractivity contribution in [3.8, 4) is 0 Å². The summed E-state index contributed by atoms with van der Waals surface area (Å²) in [5.74, 6) is 0.466. The van der Waals surface area contributed by atoms with Crippen LogP contribution in [0.1, 0.15) is 77.1 Å². The highest BCUT2D eigenvalue weighted by Crippen LogP contribution is 2.32. The molecule has 1 atom stereocenters. The van der Waals surface area contributed by atoms with E-state index in [-0.39, 0.29) is 10.6 Å². The van der Waals surface area contributed by atoms with Crippen molar-refractivity contribution < 1.29 is 4.92 Å². The number of rotatable bonds is 12. The van der Waals surface area contributed by atoms with Gasteiger partial charge in [-0.2, -0.15) is 0 Å². The number of nitro groups is 1. The number of benzene rings is 1. The van der Waals surface area contributed by atoms with Crippen LogP contribution in [-0.4, -0.2) is 11.6 Å². The summed E-state index contributed by atoms with van der Waals surface area (Å²) in [5, 5.41) is 11.1. The standard InChI is InChI=1S/C19H32BNO2/c1-4-7-13-19(20(14-8-5-2)15-9-6-3)17-11-10-12-18(16-17)21(22)23/h10-12,16,19H,4-9,13-15H2,1-3H3. The number of nitro benzene ring substituents is 1. The van der Waals surface area contributed by atoms with Gasteiger partial charge in [0.25, 0.3) is 5.69 Å². The Hall–Kier alpha value is -1.32. The zero-order valence-corrected chi connectivity index (χ0v) is 15.1. The van der Waals surface area contributed by atoms with Crippen LogP contribution in [0.2, 0.25) is 12.6 Å². The number of hydrogen-bond acceptors (Lipinski definition) is 2. The maximum absolute atomic E-state index is 11.1. The van der Waals surface area contributed by atoms with E-state index >= 15 is 0 Å². The molecule has 3 nitrogen and oxygen atoms in total. The minimum Gasteiger partial charge on any atom is -0.258 e. The van der Waals surface area contributed by atoms with Gasteiger partial charge in [0.1, 0.15) is 6.71 Å². The molecule has 0 aliphatic heterocycles. The highest BCUT2D eigenvalue weighted by molar-refractivity contribution is 6.60. The maximum atomic E-state index is 11.1. The van der Waals surface area contributed by atoms with E-state index < -0.39 is 0 Å². The number of unbranched alkanes of at least 4 members (excludes halogenated alkanes) is 3. The second-order valence-electron chi connectivity index (χ2n) is 6.65. The fourth-order valence-corrected chi connectivity index (χ4v) is 3.45. The first-order valence-corrected chi connectivity index (χ1v) is 9.38. The molecule has 1 unspecified atom stereocenters. The van der Waals surface area contributed by atoms with Crippen LogP contribution in [0, 0.1) is 10.1 Å². The highest BCUT2D eigenvalue weighted by atomic mass is 16.6. The number of nitrogens with zero attached hydrogens (tertiary/aromatic N) is 1. The van der Waals surface area contributed by atoms with Crippen LogP contribution in [0.25, 0.3) is 0 Å². The van der Waals surface area contributed by atoms with Crippen LogP contribution in [-0.2, 0) is 0 Å². The van der Waals surface area contributed by atoms with Crippen LogP contribution in [0.3, 0.4) is 0 Å². The molecule has 0 aliphatic rings. The van der Waals surface area contributed by atoms with E-state index in [1.54, 1.807) is 6.07 Å². The lowest BCUT2D eigenvalue weighted by atomic mass is 9.34. The molecule has 4 heteroatoms. The number of non-ortho nitro benzene ring substituents is 1. The number of hydrogen-bond donors (Lipinski definition) is 0. The van der Waals surface area contributed by atoms with Crippen molar-refractivity contribution in [2.75, 3.05) is 0 Å². The SMILES string of the molecule is CCCCB(CCCC)C(CCCC)c1cccc([N+](=O)[O-])c1. The van der Waals surface area contributed by atoms with Crippen molar-refractivity contribution in [1.82, 2.24) is 0 Å². The summed E-state index contributed by atoms with van der Waals surface area (Å²) in [7, 11) is 0. The van der Waals surface area contributed by atoms with Crippen LogP contribution in [0.4, 0.5) is 5.69 Å². The molecule has 1 rings (SSSR count). The van der Waals surface area contributed by atoms with Crippen LogP contribution >= 0.6 is 0 Å². The summed E-state index contributed by atoms with van der Waals surface area (Å²) in [6.07, 6.45) is 11.0. The molecule has 0 radical (unpaired) electrons. The summed E-state index contributed by atoms with van der Waals surface area (Å²) in [6.45, 7) is 7.36. The predicted molar refractivity (Wildman–Crippen MR) is 101 cm³/mol. The molecular formula is C19H32BNO2. The highest BCUT2D eigenvalue weighted by Gasteiger charge is 2.26. The van der Waals surface area contributed by atoms with Gasteiger partial charge in [-0.1, -0.05) is 90.5 Å². The molecule has 0 aromatic heterocycles. The van der Waals surface area contributed by atoms with Crippen LogP contribution in [0.15, 0.2) is 24.3 Å². The van der Waals surface area contributed by atoms with Gasteiger partial charge in [0.15, 0.2) is 0 Å². The average molecular weight is 317 g/mol. The summed E-state index contributed by atoms with van der Waals surface area (Å²) in [6, 6.07) is 7.36. The fraction of sp³-hybridized carbons (Fsp3) is 0.684. The molecule has 23 heavy (non-hydrogen) atoms. The predicted octanol–water partition coefficient (Wildman–Crippen LogP) is 6.50. The Morgan fingerprint density at radius 3 is 2.17 bits per heavy atom. The molecule has 0 bridgehead atoms. The molecular weight excluding hydrogens is 285 g/mol. The molecule has 1 aromatic rings. The first-order chi connectivity index (χ1) is 11.1. The van der Waals surface area contributed by atoms with Gasteiger partial charge in [-0.05, 0) is 11.4 Å². The molecule has 0 heterocycles. The monoisotopic (exact) mass is 317 g/mol. The fourth-order valence-electron chi connectivity index (χ4n) is 3.45. The third-order valence-electron chi connectivity index (χ3n) is 4.80. The van der Waals surface area contributed by atoms with E-state index in [1.165, 1.54) is 56.7 Å². The molecule has 0 N–H and O–H groups in total. The van der Waals surface area contributed by atoms with Crippen molar-refractivity contribution in [2.45, 2.75) is 84.2 Å². The largest absolute Gasteiger partial charge is 0.269 e. The van der Waals surface area contributed by atoms with Gasteiger partial charge in [0, 0.05) is 12.1 Å². The van der Waals surface area contributed by atoms with E-state index in [9.17, 15) is 10.1 Å². The molecule has 1 aromatic carbocycles. The van der Waals surface area contributed by atoms with Crippen molar-refractivity contribution in [3.63, 3.8) is 0 Å². The quantitative estimate of drug-likeness (QED) is 0.251. The Balaban J connectivity index is 3.02. The van der Waals surface area contributed by atoms with Crippen molar-refractivity contribution >= 4 is 12.4 Å². The molecule has 128 valence electrons. The maximum Gasteiger partial charge on any atom is 0.269 e. The average Bonchev–Trinajstić information content (AvgIpc) is 2.57. The normalized spacial score (nSPS) is 12.1. The van der Waals surface area contributed by atoms with Gasteiger partial charge in [0.2, 0.25) is 0 Å². The Morgan fingerprint density at radius 2 is 1.65 bits per heavy atom. The van der Waals surface area contributed by atoms with E-state index in [4.69, 9.17) is 0 Å². The third kappa shape index (κ3) is 6.76. The Bertz CT molecular complexity index is 456. The van der Waals surface area contributed by atoms with Gasteiger partial charge in [-0.3, -0.25) is 10.1 Å². The van der Waals surface area contributed by atoms with Crippen LogP contribution < -0.4 is 0 Å². The van der Waals surface area contributed by atoms with Gasteiger partial charge < -0.3 is 0 Å². The van der Waals surface area contributed by atoms with Gasteiger partial charge in [-0.25, -0.2) is 0 Å². The summed E-state index contributed by atoms with van der Waals surface area (Å²) >= 11 is 0. The molecule has 0 fully saturated rings. The topological polar surface area (TPSA) is 43.1 Å². The lowest BCUT2D eigenvalue weighted by molar-refractivity contribution is -0.384. The Labute approximate surface area is 142 Å². The molecule has 0 amide bonds. The van der Waals surface area contributed by atoms with Gasteiger partial charge in [-0.15, -0.1) is 0 Å². The second kappa shape index (κ2) is 11.3. The minimum absolute atomic E-state index is 0.230. The lowest BCUT2D eigenvalue weighted by Gasteiger charge is -2.25. The lowest BCUT2D eigenvalue weighted by Crippen LogP contribution is -2.24. The zero-order valence-electron chi connectivity index (χ0n) is 15.1. The van der Waals surface area contributed by atoms with E-state index in [0.717, 1.165) is 6.42 Å². The smallest absolute Gasteiger partial charge is 0.258 e. The summed E-state index contributed by atoms with van der Waals surface area (Å²) in [5.41, 5.74) is 1.40. The first-order valence-electron chi connectivity index (χ1n) is 9.38. The first kappa shape index (κ1) is 19.7. The molecule has 0 spiro atoms. The Kier molecular flexibility index (Phi) is 9.66. The summed E-state index contributed by atoms with van der Waals surface area (Å²) < 4.78 is 0. The van der Waals surface area contributed by atoms with E-state index in [0.29, 0.717) is 12.5 Å². The molecule has 0 aliphatic carbocycles. The third-order valence-corrected chi connectivity index (χ3v) is 4.80. The van der Waals surface area contributed by atoms with Crippen molar-refractivity contribution in [2.24, 2.45) is 0 Å². The summed E-state index contributed by atoms with van der Waals surface area (Å²) in [4.78, 5) is 10.8.